The van der Waals surface area contributed by atoms with E-state index < -0.39 is 0 Å². The van der Waals surface area contributed by atoms with E-state index in [9.17, 15) is 4.79 Å². The summed E-state index contributed by atoms with van der Waals surface area (Å²) in [5.41, 5.74) is 0. The molecular weight excluding hydrogens is 294 g/mol. The van der Waals surface area contributed by atoms with Gasteiger partial charge in [-0.15, -0.1) is 0 Å². The lowest BCUT2D eigenvalue weighted by atomic mass is 10.1. The van der Waals surface area contributed by atoms with Crippen LogP contribution >= 0.6 is 0 Å². The maximum absolute atomic E-state index is 12.2. The lowest BCUT2D eigenvalue weighted by Crippen LogP contribution is -2.48. The monoisotopic (exact) mass is 319 g/mol. The number of hydrogen-bond acceptors (Lipinski definition) is 4. The van der Waals surface area contributed by atoms with E-state index in [-0.39, 0.29) is 18.2 Å². The summed E-state index contributed by atoms with van der Waals surface area (Å²) >= 11 is 0. The summed E-state index contributed by atoms with van der Waals surface area (Å²) in [6, 6.07) is 3.74. The molecule has 0 unspecified atom stereocenters. The van der Waals surface area contributed by atoms with Crippen molar-refractivity contribution in [3.05, 3.63) is 24.5 Å². The summed E-state index contributed by atoms with van der Waals surface area (Å²) in [4.78, 5) is 18.1. The number of likely N-dealkylation sites (tertiary alicyclic amines) is 1. The van der Waals surface area contributed by atoms with E-state index in [2.05, 4.69) is 10.3 Å². The maximum atomic E-state index is 12.2. The number of piperidine rings is 1. The topological polar surface area (TPSA) is 63.7 Å². The molecule has 0 spiro atoms. The quantitative estimate of drug-likeness (QED) is 0.924. The zero-order valence-corrected chi connectivity index (χ0v) is 13.4. The van der Waals surface area contributed by atoms with Gasteiger partial charge in [-0.25, -0.2) is 4.79 Å². The first kappa shape index (κ1) is 16.1. The Bertz CT molecular complexity index is 483. The zero-order valence-electron chi connectivity index (χ0n) is 13.4. The minimum Gasteiger partial charge on any atom is -0.490 e. The summed E-state index contributed by atoms with van der Waals surface area (Å²) in [6.07, 6.45) is 8.89. The third-order valence-corrected chi connectivity index (χ3v) is 4.44. The molecule has 126 valence electrons. The Morgan fingerprint density at radius 1 is 1.26 bits per heavy atom. The Labute approximate surface area is 137 Å². The largest absolute Gasteiger partial charge is 0.490 e. The highest BCUT2D eigenvalue weighted by Gasteiger charge is 2.24. The van der Waals surface area contributed by atoms with Crippen molar-refractivity contribution in [2.75, 3.05) is 26.2 Å². The number of rotatable bonds is 4. The Balaban J connectivity index is 1.37. The molecule has 6 nitrogen and oxygen atoms in total. The van der Waals surface area contributed by atoms with E-state index in [1.165, 1.54) is 6.42 Å². The number of nitrogens with one attached hydrogen (secondary N) is 1. The smallest absolute Gasteiger partial charge is 0.317 e. The van der Waals surface area contributed by atoms with Crippen LogP contribution < -0.4 is 10.1 Å². The summed E-state index contributed by atoms with van der Waals surface area (Å²) in [5.74, 6) is 0.845. The molecule has 23 heavy (non-hydrogen) atoms. The van der Waals surface area contributed by atoms with Crippen LogP contribution in [-0.4, -0.2) is 54.4 Å². The van der Waals surface area contributed by atoms with Crippen LogP contribution in [0, 0.1) is 0 Å². The van der Waals surface area contributed by atoms with Crippen LogP contribution in [0.25, 0.3) is 0 Å². The SMILES string of the molecule is O=C(NC[C@H]1CCCCO1)N1CCC(Oc2ccncc2)CC1. The second-order valence-electron chi connectivity index (χ2n) is 6.16. The Hall–Kier alpha value is -1.82. The van der Waals surface area contributed by atoms with E-state index >= 15 is 0 Å². The number of nitrogens with zero attached hydrogens (tertiary/aromatic N) is 2. The predicted molar refractivity (Wildman–Crippen MR) is 86.4 cm³/mol. The second-order valence-corrected chi connectivity index (χ2v) is 6.16. The first-order valence-corrected chi connectivity index (χ1v) is 8.52. The molecule has 0 aromatic carbocycles. The molecule has 1 atom stereocenters. The summed E-state index contributed by atoms with van der Waals surface area (Å²) < 4.78 is 11.6. The molecule has 2 saturated heterocycles. The molecule has 0 radical (unpaired) electrons. The molecule has 2 fully saturated rings. The van der Waals surface area contributed by atoms with Gasteiger partial charge in [-0.1, -0.05) is 0 Å². The number of ether oxygens (including phenoxy) is 2. The van der Waals surface area contributed by atoms with Gasteiger partial charge in [-0.05, 0) is 31.4 Å². The van der Waals surface area contributed by atoms with Gasteiger partial charge in [0.25, 0.3) is 0 Å². The predicted octanol–water partition coefficient (Wildman–Crippen LogP) is 2.20. The fourth-order valence-electron chi connectivity index (χ4n) is 3.07. The second kappa shape index (κ2) is 8.15. The standard InChI is InChI=1S/C17H25N3O3/c21-17(19-13-16-3-1-2-12-22-16)20-10-6-15(7-11-20)23-14-4-8-18-9-5-14/h4-5,8-9,15-16H,1-3,6-7,10-13H2,(H,19,21)/t16-/m1/s1. The molecule has 0 aliphatic carbocycles. The van der Waals surface area contributed by atoms with Gasteiger partial charge in [-0.3, -0.25) is 4.98 Å². The summed E-state index contributed by atoms with van der Waals surface area (Å²) in [7, 11) is 0. The van der Waals surface area contributed by atoms with Crippen molar-refractivity contribution in [2.24, 2.45) is 0 Å². The molecule has 0 saturated carbocycles. The minimum atomic E-state index is 0.0153. The average Bonchev–Trinajstić information content (AvgIpc) is 2.62. The third kappa shape index (κ3) is 4.82. The fourth-order valence-corrected chi connectivity index (χ4v) is 3.07. The number of aromatic nitrogens is 1. The van der Waals surface area contributed by atoms with Crippen LogP contribution in [0.1, 0.15) is 32.1 Å². The van der Waals surface area contributed by atoms with Crippen molar-refractivity contribution in [3.8, 4) is 5.75 Å². The van der Waals surface area contributed by atoms with E-state index in [1.807, 2.05) is 17.0 Å². The number of carbonyl (C=O) groups is 1. The molecule has 2 aliphatic heterocycles. The van der Waals surface area contributed by atoms with Gasteiger partial charge in [0.2, 0.25) is 0 Å². The third-order valence-electron chi connectivity index (χ3n) is 4.44. The van der Waals surface area contributed by atoms with Gasteiger partial charge in [-0.2, -0.15) is 0 Å². The molecule has 1 aromatic heterocycles. The first-order chi connectivity index (χ1) is 11.3. The molecule has 2 amide bonds. The Kier molecular flexibility index (Phi) is 5.69. The van der Waals surface area contributed by atoms with Gasteiger partial charge in [0.15, 0.2) is 0 Å². The van der Waals surface area contributed by atoms with Crippen molar-refractivity contribution in [3.63, 3.8) is 0 Å². The molecule has 1 aromatic rings. The van der Waals surface area contributed by atoms with Gasteiger partial charge < -0.3 is 19.7 Å². The molecular formula is C17H25N3O3. The first-order valence-electron chi connectivity index (χ1n) is 8.52. The maximum Gasteiger partial charge on any atom is 0.317 e. The highest BCUT2D eigenvalue weighted by Crippen LogP contribution is 2.18. The zero-order chi connectivity index (χ0) is 15.9. The number of carbonyl (C=O) groups excluding carboxylic acids is 1. The van der Waals surface area contributed by atoms with Crippen molar-refractivity contribution in [1.82, 2.24) is 15.2 Å². The number of pyridine rings is 1. The summed E-state index contributed by atoms with van der Waals surface area (Å²) in [6.45, 7) is 2.89. The van der Waals surface area contributed by atoms with Crippen LogP contribution in [0.5, 0.6) is 5.75 Å². The lowest BCUT2D eigenvalue weighted by Gasteiger charge is -2.32. The molecule has 0 bridgehead atoms. The van der Waals surface area contributed by atoms with Crippen molar-refractivity contribution < 1.29 is 14.3 Å². The molecule has 1 N–H and O–H groups in total. The average molecular weight is 319 g/mol. The van der Waals surface area contributed by atoms with Crippen molar-refractivity contribution >= 4 is 6.03 Å². The van der Waals surface area contributed by atoms with E-state index in [1.54, 1.807) is 12.4 Å². The van der Waals surface area contributed by atoms with E-state index in [4.69, 9.17) is 9.47 Å². The van der Waals surface area contributed by atoms with E-state index in [0.717, 1.165) is 51.1 Å². The van der Waals surface area contributed by atoms with Crippen molar-refractivity contribution in [1.29, 1.82) is 0 Å². The van der Waals surface area contributed by atoms with Crippen LogP contribution in [0.15, 0.2) is 24.5 Å². The summed E-state index contributed by atoms with van der Waals surface area (Å²) in [5, 5.41) is 3.00. The van der Waals surface area contributed by atoms with Crippen molar-refractivity contribution in [2.45, 2.75) is 44.3 Å². The minimum absolute atomic E-state index is 0.0153. The highest BCUT2D eigenvalue weighted by molar-refractivity contribution is 5.74. The highest BCUT2D eigenvalue weighted by atomic mass is 16.5. The number of amides is 2. The Morgan fingerprint density at radius 2 is 2.04 bits per heavy atom. The van der Waals surface area contributed by atoms with Gasteiger partial charge in [0.1, 0.15) is 11.9 Å². The van der Waals surface area contributed by atoms with Gasteiger partial charge in [0.05, 0.1) is 6.10 Å². The molecule has 3 heterocycles. The Morgan fingerprint density at radius 3 is 2.74 bits per heavy atom. The van der Waals surface area contributed by atoms with Gasteiger partial charge in [0, 0.05) is 51.5 Å². The number of hydrogen-bond donors (Lipinski definition) is 1. The molecule has 6 heteroatoms. The van der Waals surface area contributed by atoms with Crippen LogP contribution in [0.3, 0.4) is 0 Å². The normalized spacial score (nSPS) is 22.6. The number of urea groups is 1. The van der Waals surface area contributed by atoms with E-state index in [0.29, 0.717) is 6.54 Å². The fraction of sp³-hybridized carbons (Fsp3) is 0.647. The molecule has 2 aliphatic rings. The van der Waals surface area contributed by atoms with Crippen LogP contribution in [0.4, 0.5) is 4.79 Å². The van der Waals surface area contributed by atoms with Crippen LogP contribution in [0.2, 0.25) is 0 Å². The lowest BCUT2D eigenvalue weighted by molar-refractivity contribution is 0.0173. The van der Waals surface area contributed by atoms with Gasteiger partial charge >= 0.3 is 6.03 Å². The van der Waals surface area contributed by atoms with Crippen LogP contribution in [-0.2, 0) is 4.74 Å². The molecule has 3 rings (SSSR count).